The lowest BCUT2D eigenvalue weighted by molar-refractivity contribution is 0.467. The Hall–Kier alpha value is -2.10. The summed E-state index contributed by atoms with van der Waals surface area (Å²) in [7, 11) is 1.57. The zero-order valence-electron chi connectivity index (χ0n) is 9.84. The Morgan fingerprint density at radius 1 is 1.35 bits per heavy atom. The van der Waals surface area contributed by atoms with Gasteiger partial charge in [0.25, 0.3) is 5.56 Å². The summed E-state index contributed by atoms with van der Waals surface area (Å²) in [6, 6.07) is 7.57. The van der Waals surface area contributed by atoms with Crippen molar-refractivity contribution in [3.05, 3.63) is 46.4 Å². The van der Waals surface area contributed by atoms with Gasteiger partial charge in [0.05, 0.1) is 11.8 Å². The van der Waals surface area contributed by atoms with E-state index in [0.717, 1.165) is 17.5 Å². The van der Waals surface area contributed by atoms with E-state index in [0.29, 0.717) is 5.56 Å². The summed E-state index contributed by atoms with van der Waals surface area (Å²) >= 11 is 0. The normalized spacial score (nSPS) is 10.5. The van der Waals surface area contributed by atoms with Gasteiger partial charge >= 0.3 is 0 Å². The molecule has 88 valence electrons. The average molecular weight is 230 g/mol. The van der Waals surface area contributed by atoms with Crippen molar-refractivity contribution in [2.24, 2.45) is 7.05 Å². The molecule has 0 bridgehead atoms. The lowest BCUT2D eigenvalue weighted by atomic mass is 9.99. The molecule has 0 spiro atoms. The molecule has 0 aliphatic carbocycles. The molecule has 0 amide bonds. The van der Waals surface area contributed by atoms with Crippen LogP contribution in [0.5, 0.6) is 5.75 Å². The average Bonchev–Trinajstić information content (AvgIpc) is 2.35. The summed E-state index contributed by atoms with van der Waals surface area (Å²) in [5, 5.41) is 13.6. The standard InChI is InChI=1S/C13H14N2O2/c1-3-9-6-4-5-7-10(9)12-11(16)8-14-15(2)13(12)17/h4-8,16H,3H2,1-2H3. The van der Waals surface area contributed by atoms with E-state index >= 15 is 0 Å². The Labute approximate surface area is 99.2 Å². The molecule has 0 atom stereocenters. The van der Waals surface area contributed by atoms with E-state index in [-0.39, 0.29) is 11.3 Å². The van der Waals surface area contributed by atoms with Crippen molar-refractivity contribution in [1.29, 1.82) is 0 Å². The van der Waals surface area contributed by atoms with Gasteiger partial charge in [-0.1, -0.05) is 31.2 Å². The van der Waals surface area contributed by atoms with Crippen LogP contribution in [0.4, 0.5) is 0 Å². The third kappa shape index (κ3) is 1.93. The van der Waals surface area contributed by atoms with Crippen molar-refractivity contribution in [3.8, 4) is 16.9 Å². The van der Waals surface area contributed by atoms with Crippen molar-refractivity contribution < 1.29 is 5.11 Å². The molecule has 0 unspecified atom stereocenters. The zero-order valence-corrected chi connectivity index (χ0v) is 9.84. The molecule has 1 aromatic heterocycles. The molecule has 0 saturated heterocycles. The molecule has 4 heteroatoms. The number of aryl methyl sites for hydroxylation is 2. The summed E-state index contributed by atoms with van der Waals surface area (Å²) in [4.78, 5) is 12.0. The molecule has 1 heterocycles. The molecule has 1 aromatic carbocycles. The summed E-state index contributed by atoms with van der Waals surface area (Å²) in [5.74, 6) is -0.0750. The maximum absolute atomic E-state index is 12.0. The summed E-state index contributed by atoms with van der Waals surface area (Å²) in [6.07, 6.45) is 2.10. The van der Waals surface area contributed by atoms with Crippen LogP contribution < -0.4 is 5.56 Å². The third-order valence-corrected chi connectivity index (χ3v) is 2.78. The number of benzene rings is 1. The first-order chi connectivity index (χ1) is 8.15. The Morgan fingerprint density at radius 2 is 2.06 bits per heavy atom. The summed E-state index contributed by atoms with van der Waals surface area (Å²) in [6.45, 7) is 2.02. The molecule has 2 aromatic rings. The van der Waals surface area contributed by atoms with Gasteiger partial charge in [-0.15, -0.1) is 0 Å². The lowest BCUT2D eigenvalue weighted by Gasteiger charge is -2.09. The molecule has 4 nitrogen and oxygen atoms in total. The Bertz CT molecular complexity index is 603. The molecule has 0 aliphatic heterocycles. The molecule has 0 fully saturated rings. The quantitative estimate of drug-likeness (QED) is 0.854. The van der Waals surface area contributed by atoms with Gasteiger partial charge in [0.15, 0.2) is 0 Å². The highest BCUT2D eigenvalue weighted by atomic mass is 16.3. The van der Waals surface area contributed by atoms with Crippen LogP contribution in [0.25, 0.3) is 11.1 Å². The summed E-state index contributed by atoms with van der Waals surface area (Å²) < 4.78 is 1.22. The number of hydrogen-bond acceptors (Lipinski definition) is 3. The smallest absolute Gasteiger partial charge is 0.278 e. The van der Waals surface area contributed by atoms with E-state index in [1.807, 2.05) is 31.2 Å². The number of aromatic nitrogens is 2. The van der Waals surface area contributed by atoms with Gasteiger partial charge in [-0.3, -0.25) is 4.79 Å². The van der Waals surface area contributed by atoms with E-state index in [9.17, 15) is 9.90 Å². The first-order valence-corrected chi connectivity index (χ1v) is 5.48. The van der Waals surface area contributed by atoms with Gasteiger partial charge in [0.2, 0.25) is 0 Å². The fraction of sp³-hybridized carbons (Fsp3) is 0.231. The molecule has 1 N–H and O–H groups in total. The van der Waals surface area contributed by atoms with Crippen LogP contribution in [0, 0.1) is 0 Å². The number of hydrogen-bond donors (Lipinski definition) is 1. The van der Waals surface area contributed by atoms with Gasteiger partial charge in [-0.2, -0.15) is 5.10 Å². The van der Waals surface area contributed by atoms with Crippen LogP contribution in [0.15, 0.2) is 35.3 Å². The topological polar surface area (TPSA) is 55.1 Å². The molecular weight excluding hydrogens is 216 g/mol. The molecule has 0 radical (unpaired) electrons. The first kappa shape index (κ1) is 11.4. The fourth-order valence-electron chi connectivity index (χ4n) is 1.86. The lowest BCUT2D eigenvalue weighted by Crippen LogP contribution is -2.21. The molecule has 0 saturated carbocycles. The maximum atomic E-state index is 12.0. The van der Waals surface area contributed by atoms with Crippen LogP contribution in [0.2, 0.25) is 0 Å². The Kier molecular flexibility index (Phi) is 2.95. The van der Waals surface area contributed by atoms with Crippen molar-refractivity contribution in [1.82, 2.24) is 9.78 Å². The van der Waals surface area contributed by atoms with Crippen LogP contribution in [-0.4, -0.2) is 14.9 Å². The van der Waals surface area contributed by atoms with Crippen molar-refractivity contribution in [3.63, 3.8) is 0 Å². The molecule has 2 rings (SSSR count). The Balaban J connectivity index is 2.77. The van der Waals surface area contributed by atoms with E-state index in [1.54, 1.807) is 7.05 Å². The SMILES string of the molecule is CCc1ccccc1-c1c(O)cnn(C)c1=O. The van der Waals surface area contributed by atoms with Gasteiger partial charge in [0.1, 0.15) is 5.75 Å². The highest BCUT2D eigenvalue weighted by molar-refractivity contribution is 5.71. The van der Waals surface area contributed by atoms with Gasteiger partial charge in [-0.25, -0.2) is 4.68 Å². The highest BCUT2D eigenvalue weighted by Crippen LogP contribution is 2.27. The zero-order chi connectivity index (χ0) is 12.4. The van der Waals surface area contributed by atoms with Crippen LogP contribution in [-0.2, 0) is 13.5 Å². The minimum atomic E-state index is -0.286. The van der Waals surface area contributed by atoms with Crippen molar-refractivity contribution >= 4 is 0 Å². The highest BCUT2D eigenvalue weighted by Gasteiger charge is 2.13. The van der Waals surface area contributed by atoms with E-state index in [1.165, 1.54) is 10.9 Å². The van der Waals surface area contributed by atoms with Crippen LogP contribution >= 0.6 is 0 Å². The maximum Gasteiger partial charge on any atom is 0.278 e. The molecule has 0 aliphatic rings. The van der Waals surface area contributed by atoms with Gasteiger partial charge < -0.3 is 5.11 Å². The number of rotatable bonds is 2. The summed E-state index contributed by atoms with van der Waals surface area (Å²) in [5.41, 5.74) is 1.84. The van der Waals surface area contributed by atoms with Gasteiger partial charge in [-0.05, 0) is 17.5 Å². The van der Waals surface area contributed by atoms with Crippen LogP contribution in [0.1, 0.15) is 12.5 Å². The largest absolute Gasteiger partial charge is 0.505 e. The predicted molar refractivity (Wildman–Crippen MR) is 66.0 cm³/mol. The second kappa shape index (κ2) is 4.41. The van der Waals surface area contributed by atoms with Crippen molar-refractivity contribution in [2.75, 3.05) is 0 Å². The van der Waals surface area contributed by atoms with E-state index in [2.05, 4.69) is 5.10 Å². The monoisotopic (exact) mass is 230 g/mol. The molecular formula is C13H14N2O2. The molecule has 17 heavy (non-hydrogen) atoms. The number of aromatic hydroxyl groups is 1. The van der Waals surface area contributed by atoms with Crippen LogP contribution in [0.3, 0.4) is 0 Å². The third-order valence-electron chi connectivity index (χ3n) is 2.78. The minimum Gasteiger partial charge on any atom is -0.505 e. The van der Waals surface area contributed by atoms with E-state index < -0.39 is 0 Å². The fourth-order valence-corrected chi connectivity index (χ4v) is 1.86. The predicted octanol–water partition coefficient (Wildman–Crippen LogP) is 1.72. The van der Waals surface area contributed by atoms with Gasteiger partial charge in [0, 0.05) is 7.05 Å². The minimum absolute atomic E-state index is 0.0750. The first-order valence-electron chi connectivity index (χ1n) is 5.48. The second-order valence-corrected chi connectivity index (χ2v) is 3.84. The van der Waals surface area contributed by atoms with Crippen molar-refractivity contribution in [2.45, 2.75) is 13.3 Å². The Morgan fingerprint density at radius 3 is 2.76 bits per heavy atom. The second-order valence-electron chi connectivity index (χ2n) is 3.84. The number of nitrogens with zero attached hydrogens (tertiary/aromatic N) is 2. The van der Waals surface area contributed by atoms with E-state index in [4.69, 9.17) is 0 Å².